The van der Waals surface area contributed by atoms with Crippen LogP contribution in [0, 0.1) is 12.8 Å². The molecule has 7 heteroatoms. The number of benzene rings is 2. The third-order valence-corrected chi connectivity index (χ3v) is 7.95. The molecule has 1 atom stereocenters. The molecular formula is C23H27ClN2O3S. The Morgan fingerprint density at radius 3 is 2.43 bits per heavy atom. The normalized spacial score (nSPS) is 20.7. The topological polar surface area (TPSA) is 66.5 Å². The number of carbonyl (C=O) groups excluding carboxylic acids is 1. The fraction of sp³-hybridized carbons (Fsp3) is 0.435. The van der Waals surface area contributed by atoms with Gasteiger partial charge in [0, 0.05) is 24.7 Å². The molecule has 2 aromatic rings. The van der Waals surface area contributed by atoms with Crippen molar-refractivity contribution in [2.75, 3.05) is 19.6 Å². The van der Waals surface area contributed by atoms with E-state index in [1.165, 1.54) is 0 Å². The predicted octanol–water partition coefficient (Wildman–Crippen LogP) is 3.90. The van der Waals surface area contributed by atoms with E-state index in [-0.39, 0.29) is 16.7 Å². The Kier molecular flexibility index (Phi) is 5.93. The van der Waals surface area contributed by atoms with Gasteiger partial charge in [-0.1, -0.05) is 41.4 Å². The number of nitrogens with zero attached hydrogens (tertiary/aromatic N) is 1. The second-order valence-electron chi connectivity index (χ2n) is 8.51. The van der Waals surface area contributed by atoms with E-state index >= 15 is 0 Å². The van der Waals surface area contributed by atoms with Crippen molar-refractivity contribution in [1.29, 1.82) is 0 Å². The molecule has 0 bridgehead atoms. The molecule has 1 heterocycles. The maximum absolute atomic E-state index is 13.3. The zero-order valence-corrected chi connectivity index (χ0v) is 18.7. The molecule has 2 aromatic carbocycles. The number of amides is 1. The number of nitrogens with one attached hydrogen (secondary N) is 1. The van der Waals surface area contributed by atoms with Crippen molar-refractivity contribution in [3.05, 3.63) is 64.7 Å². The van der Waals surface area contributed by atoms with Crippen LogP contribution in [-0.2, 0) is 20.2 Å². The molecule has 1 N–H and O–H groups in total. The van der Waals surface area contributed by atoms with Crippen molar-refractivity contribution in [2.45, 2.75) is 42.9 Å². The van der Waals surface area contributed by atoms with Gasteiger partial charge in [0.2, 0.25) is 15.9 Å². The van der Waals surface area contributed by atoms with Gasteiger partial charge in [-0.15, -0.1) is 0 Å². The minimum atomic E-state index is -3.54. The maximum Gasteiger partial charge on any atom is 0.240 e. The highest BCUT2D eigenvalue weighted by Gasteiger charge is 2.53. The van der Waals surface area contributed by atoms with Crippen LogP contribution < -0.4 is 4.72 Å². The highest BCUT2D eigenvalue weighted by molar-refractivity contribution is 7.89. The van der Waals surface area contributed by atoms with Crippen molar-refractivity contribution in [1.82, 2.24) is 9.62 Å². The molecule has 1 aliphatic carbocycles. The molecule has 0 radical (unpaired) electrons. The first kappa shape index (κ1) is 21.3. The van der Waals surface area contributed by atoms with E-state index < -0.39 is 15.4 Å². The number of piperidine rings is 1. The number of rotatable bonds is 6. The summed E-state index contributed by atoms with van der Waals surface area (Å²) < 4.78 is 27.9. The van der Waals surface area contributed by atoms with Crippen LogP contribution in [0.4, 0.5) is 0 Å². The summed E-state index contributed by atoms with van der Waals surface area (Å²) in [7, 11) is -3.54. The Labute approximate surface area is 183 Å². The standard InChI is InChI=1S/C23H27ClN2O3S/c1-17-4-10-21(11-5-17)30(28,29)25-15-18-3-2-14-26(16-18)22(27)23(12-13-23)19-6-8-20(24)9-7-19/h4-11,18,25H,2-3,12-16H2,1H3. The lowest BCUT2D eigenvalue weighted by Gasteiger charge is -2.35. The van der Waals surface area contributed by atoms with Crippen molar-refractivity contribution in [3.8, 4) is 0 Å². The molecule has 160 valence electrons. The van der Waals surface area contributed by atoms with E-state index in [4.69, 9.17) is 11.6 Å². The molecule has 1 saturated heterocycles. The monoisotopic (exact) mass is 446 g/mol. The van der Waals surface area contributed by atoms with E-state index in [0.29, 0.717) is 18.1 Å². The predicted molar refractivity (Wildman–Crippen MR) is 118 cm³/mol. The summed E-state index contributed by atoms with van der Waals surface area (Å²) in [4.78, 5) is 15.5. The molecule has 1 saturated carbocycles. The minimum absolute atomic E-state index is 0.115. The van der Waals surface area contributed by atoms with Crippen LogP contribution in [0.15, 0.2) is 53.4 Å². The third-order valence-electron chi connectivity index (χ3n) is 6.26. The lowest BCUT2D eigenvalue weighted by atomic mass is 9.91. The smallest absolute Gasteiger partial charge is 0.240 e. The average molecular weight is 447 g/mol. The number of hydrogen-bond donors (Lipinski definition) is 1. The van der Waals surface area contributed by atoms with Crippen LogP contribution in [0.3, 0.4) is 0 Å². The van der Waals surface area contributed by atoms with Crippen molar-refractivity contribution >= 4 is 27.5 Å². The highest BCUT2D eigenvalue weighted by Crippen LogP contribution is 2.50. The summed E-state index contributed by atoms with van der Waals surface area (Å²) in [5.74, 6) is 0.278. The molecule has 1 aliphatic heterocycles. The Hall–Kier alpha value is -1.89. The summed E-state index contributed by atoms with van der Waals surface area (Å²) in [6.07, 6.45) is 3.51. The Morgan fingerprint density at radius 2 is 1.80 bits per heavy atom. The summed E-state index contributed by atoms with van der Waals surface area (Å²) in [6, 6.07) is 14.4. The zero-order valence-electron chi connectivity index (χ0n) is 17.1. The van der Waals surface area contributed by atoms with Gasteiger partial charge in [0.15, 0.2) is 0 Å². The summed E-state index contributed by atoms with van der Waals surface area (Å²) in [5.41, 5.74) is 1.62. The number of hydrogen-bond acceptors (Lipinski definition) is 3. The van der Waals surface area contributed by atoms with Crippen LogP contribution in [-0.4, -0.2) is 38.9 Å². The molecule has 5 nitrogen and oxygen atoms in total. The van der Waals surface area contributed by atoms with Gasteiger partial charge in [-0.3, -0.25) is 4.79 Å². The fourth-order valence-corrected chi connectivity index (χ4v) is 5.51. The Balaban J connectivity index is 1.39. The van der Waals surface area contributed by atoms with Gasteiger partial charge >= 0.3 is 0 Å². The first-order valence-electron chi connectivity index (χ1n) is 10.4. The molecule has 2 fully saturated rings. The van der Waals surface area contributed by atoms with Crippen LogP contribution in [0.2, 0.25) is 5.02 Å². The SMILES string of the molecule is Cc1ccc(S(=O)(=O)NCC2CCCN(C(=O)C3(c4ccc(Cl)cc4)CC3)C2)cc1. The summed E-state index contributed by atoms with van der Waals surface area (Å²) in [6.45, 7) is 3.59. The van der Waals surface area contributed by atoms with E-state index in [1.54, 1.807) is 24.3 Å². The number of carbonyl (C=O) groups is 1. The van der Waals surface area contributed by atoms with Crippen LogP contribution >= 0.6 is 11.6 Å². The number of likely N-dealkylation sites (tertiary alicyclic amines) is 1. The number of halogens is 1. The third kappa shape index (κ3) is 4.41. The van der Waals surface area contributed by atoms with Gasteiger partial charge in [-0.05, 0) is 68.4 Å². The van der Waals surface area contributed by atoms with Gasteiger partial charge in [-0.2, -0.15) is 0 Å². The molecule has 30 heavy (non-hydrogen) atoms. The van der Waals surface area contributed by atoms with E-state index in [2.05, 4.69) is 4.72 Å². The van der Waals surface area contributed by atoms with E-state index in [1.807, 2.05) is 36.1 Å². The van der Waals surface area contributed by atoms with Gasteiger partial charge < -0.3 is 4.90 Å². The Morgan fingerprint density at radius 1 is 1.13 bits per heavy atom. The molecule has 4 rings (SSSR count). The highest BCUT2D eigenvalue weighted by atomic mass is 35.5. The second-order valence-corrected chi connectivity index (χ2v) is 10.7. The molecular weight excluding hydrogens is 420 g/mol. The zero-order chi connectivity index (χ0) is 21.4. The molecule has 0 aromatic heterocycles. The minimum Gasteiger partial charge on any atom is -0.342 e. The first-order valence-corrected chi connectivity index (χ1v) is 12.3. The average Bonchev–Trinajstić information content (AvgIpc) is 3.55. The van der Waals surface area contributed by atoms with Gasteiger partial charge in [0.1, 0.15) is 0 Å². The summed E-state index contributed by atoms with van der Waals surface area (Å²) in [5, 5.41) is 0.667. The van der Waals surface area contributed by atoms with Gasteiger partial charge in [0.05, 0.1) is 10.3 Å². The van der Waals surface area contributed by atoms with Crippen LogP contribution in [0.1, 0.15) is 36.8 Å². The number of sulfonamides is 1. The van der Waals surface area contributed by atoms with Crippen molar-refractivity contribution in [2.24, 2.45) is 5.92 Å². The lowest BCUT2D eigenvalue weighted by molar-refractivity contribution is -0.135. The first-order chi connectivity index (χ1) is 14.3. The Bertz CT molecular complexity index is 1020. The summed E-state index contributed by atoms with van der Waals surface area (Å²) >= 11 is 6.00. The van der Waals surface area contributed by atoms with Crippen molar-refractivity contribution < 1.29 is 13.2 Å². The van der Waals surface area contributed by atoms with Crippen molar-refractivity contribution in [3.63, 3.8) is 0 Å². The lowest BCUT2D eigenvalue weighted by Crippen LogP contribution is -2.47. The fourth-order valence-electron chi connectivity index (χ4n) is 4.27. The quantitative estimate of drug-likeness (QED) is 0.731. The largest absolute Gasteiger partial charge is 0.342 e. The molecule has 1 amide bonds. The van der Waals surface area contributed by atoms with Crippen LogP contribution in [0.25, 0.3) is 0 Å². The maximum atomic E-state index is 13.3. The van der Waals surface area contributed by atoms with Gasteiger partial charge in [-0.25, -0.2) is 13.1 Å². The van der Waals surface area contributed by atoms with Crippen LogP contribution in [0.5, 0.6) is 0 Å². The molecule has 0 spiro atoms. The van der Waals surface area contributed by atoms with E-state index in [0.717, 1.165) is 43.4 Å². The van der Waals surface area contributed by atoms with Gasteiger partial charge in [0.25, 0.3) is 0 Å². The van der Waals surface area contributed by atoms with E-state index in [9.17, 15) is 13.2 Å². The molecule has 1 unspecified atom stereocenters. The molecule has 2 aliphatic rings. The number of aryl methyl sites for hydroxylation is 1. The second kappa shape index (κ2) is 8.33.